The fourth-order valence-corrected chi connectivity index (χ4v) is 1.97. The van der Waals surface area contributed by atoms with E-state index >= 15 is 0 Å². The van der Waals surface area contributed by atoms with Gasteiger partial charge in [-0.15, -0.1) is 0 Å². The summed E-state index contributed by atoms with van der Waals surface area (Å²) in [4.78, 5) is 15.0. The molecule has 0 aliphatic rings. The standard InChI is InChI=1S/C15H10F2N2O/c16-12-3-1-10(8-13(12)17)15(20)19-11-2-4-14-9(7-11)5-6-18-14/h1-8,18H,(H,19,20). The van der Waals surface area contributed by atoms with Crippen LogP contribution in [-0.2, 0) is 0 Å². The Bertz CT molecular complexity index is 795. The zero-order valence-electron chi connectivity index (χ0n) is 10.3. The zero-order valence-corrected chi connectivity index (χ0v) is 10.3. The number of carbonyl (C=O) groups excluding carboxylic acids is 1. The number of halogens is 2. The normalized spacial score (nSPS) is 10.7. The van der Waals surface area contributed by atoms with E-state index in [0.29, 0.717) is 5.69 Å². The van der Waals surface area contributed by atoms with Crippen molar-refractivity contribution in [2.45, 2.75) is 0 Å². The maximum atomic E-state index is 13.1. The average Bonchev–Trinajstić information content (AvgIpc) is 2.89. The number of carbonyl (C=O) groups is 1. The van der Waals surface area contributed by atoms with Gasteiger partial charge in [0.2, 0.25) is 0 Å². The van der Waals surface area contributed by atoms with Crippen molar-refractivity contribution in [3.63, 3.8) is 0 Å². The molecule has 1 aromatic heterocycles. The highest BCUT2D eigenvalue weighted by atomic mass is 19.2. The van der Waals surface area contributed by atoms with Gasteiger partial charge in [-0.2, -0.15) is 0 Å². The Morgan fingerprint density at radius 1 is 1.00 bits per heavy atom. The Hall–Kier alpha value is -2.69. The van der Waals surface area contributed by atoms with Gasteiger partial charge < -0.3 is 10.3 Å². The van der Waals surface area contributed by atoms with E-state index in [-0.39, 0.29) is 5.56 Å². The monoisotopic (exact) mass is 272 g/mol. The molecule has 3 aromatic rings. The van der Waals surface area contributed by atoms with E-state index < -0.39 is 17.5 Å². The molecule has 3 nitrogen and oxygen atoms in total. The van der Waals surface area contributed by atoms with E-state index in [9.17, 15) is 13.6 Å². The van der Waals surface area contributed by atoms with Crippen molar-refractivity contribution in [3.8, 4) is 0 Å². The number of aromatic amines is 1. The molecule has 1 heterocycles. The summed E-state index contributed by atoms with van der Waals surface area (Å²) in [5, 5.41) is 3.60. The largest absolute Gasteiger partial charge is 0.361 e. The molecule has 0 spiro atoms. The number of benzene rings is 2. The topological polar surface area (TPSA) is 44.9 Å². The number of nitrogens with one attached hydrogen (secondary N) is 2. The fraction of sp³-hybridized carbons (Fsp3) is 0. The van der Waals surface area contributed by atoms with Crippen molar-refractivity contribution in [1.82, 2.24) is 4.98 Å². The molecule has 3 rings (SSSR count). The minimum absolute atomic E-state index is 0.0677. The van der Waals surface area contributed by atoms with Crippen molar-refractivity contribution in [1.29, 1.82) is 0 Å². The van der Waals surface area contributed by atoms with Gasteiger partial charge in [-0.25, -0.2) is 8.78 Å². The van der Waals surface area contributed by atoms with Crippen LogP contribution in [0.3, 0.4) is 0 Å². The molecule has 20 heavy (non-hydrogen) atoms. The lowest BCUT2D eigenvalue weighted by Gasteiger charge is -2.06. The third kappa shape index (κ3) is 2.25. The van der Waals surface area contributed by atoms with Gasteiger partial charge in [0.15, 0.2) is 11.6 Å². The van der Waals surface area contributed by atoms with E-state index in [0.717, 1.165) is 23.0 Å². The van der Waals surface area contributed by atoms with E-state index in [1.54, 1.807) is 18.3 Å². The van der Waals surface area contributed by atoms with Gasteiger partial charge >= 0.3 is 0 Å². The summed E-state index contributed by atoms with van der Waals surface area (Å²) in [6.07, 6.45) is 1.80. The second kappa shape index (κ2) is 4.77. The van der Waals surface area contributed by atoms with Gasteiger partial charge in [-0.3, -0.25) is 4.79 Å². The summed E-state index contributed by atoms with van der Waals surface area (Å²) in [5.41, 5.74) is 1.61. The number of fused-ring (bicyclic) bond motifs is 1. The van der Waals surface area contributed by atoms with Crippen LogP contribution in [0.5, 0.6) is 0 Å². The third-order valence-electron chi connectivity index (χ3n) is 2.99. The van der Waals surface area contributed by atoms with Crippen LogP contribution in [0, 0.1) is 11.6 Å². The maximum Gasteiger partial charge on any atom is 0.255 e. The van der Waals surface area contributed by atoms with E-state index in [2.05, 4.69) is 10.3 Å². The quantitative estimate of drug-likeness (QED) is 0.734. The molecular formula is C15H10F2N2O. The first-order valence-corrected chi connectivity index (χ1v) is 5.97. The molecule has 0 saturated carbocycles. The molecule has 2 aromatic carbocycles. The number of rotatable bonds is 2. The van der Waals surface area contributed by atoms with Crippen molar-refractivity contribution < 1.29 is 13.6 Å². The summed E-state index contributed by atoms with van der Waals surface area (Å²) >= 11 is 0. The molecule has 0 aliphatic heterocycles. The Morgan fingerprint density at radius 2 is 1.85 bits per heavy atom. The number of hydrogen-bond donors (Lipinski definition) is 2. The van der Waals surface area contributed by atoms with Crippen LogP contribution < -0.4 is 5.32 Å². The molecule has 100 valence electrons. The van der Waals surface area contributed by atoms with Crippen LogP contribution in [-0.4, -0.2) is 10.9 Å². The highest BCUT2D eigenvalue weighted by Crippen LogP contribution is 2.19. The van der Waals surface area contributed by atoms with E-state index in [1.807, 2.05) is 12.1 Å². The summed E-state index contributed by atoms with van der Waals surface area (Å²) in [5.74, 6) is -2.51. The average molecular weight is 272 g/mol. The Morgan fingerprint density at radius 3 is 2.65 bits per heavy atom. The van der Waals surface area contributed by atoms with Gasteiger partial charge in [0.25, 0.3) is 5.91 Å². The third-order valence-corrected chi connectivity index (χ3v) is 2.99. The van der Waals surface area contributed by atoms with Crippen molar-refractivity contribution in [2.75, 3.05) is 5.32 Å². The molecular weight excluding hydrogens is 262 g/mol. The van der Waals surface area contributed by atoms with Crippen LogP contribution in [0.1, 0.15) is 10.4 Å². The molecule has 0 aliphatic carbocycles. The summed E-state index contributed by atoms with van der Waals surface area (Å²) in [6, 6.07) is 10.3. The van der Waals surface area contributed by atoms with Gasteiger partial charge in [-0.1, -0.05) is 0 Å². The molecule has 0 bridgehead atoms. The maximum absolute atomic E-state index is 13.1. The number of aromatic nitrogens is 1. The fourth-order valence-electron chi connectivity index (χ4n) is 1.97. The van der Waals surface area contributed by atoms with Crippen molar-refractivity contribution in [3.05, 3.63) is 65.9 Å². The highest BCUT2D eigenvalue weighted by molar-refractivity contribution is 6.05. The predicted molar refractivity (Wildman–Crippen MR) is 72.6 cm³/mol. The van der Waals surface area contributed by atoms with Gasteiger partial charge in [0, 0.05) is 28.4 Å². The van der Waals surface area contributed by atoms with Gasteiger partial charge in [-0.05, 0) is 42.5 Å². The molecule has 0 fully saturated rings. The number of amides is 1. The Labute approximate surface area is 113 Å². The highest BCUT2D eigenvalue weighted by Gasteiger charge is 2.10. The second-order valence-electron chi connectivity index (χ2n) is 4.36. The number of anilines is 1. The molecule has 0 saturated heterocycles. The van der Waals surface area contributed by atoms with Crippen molar-refractivity contribution in [2.24, 2.45) is 0 Å². The smallest absolute Gasteiger partial charge is 0.255 e. The lowest BCUT2D eigenvalue weighted by molar-refractivity contribution is 0.102. The van der Waals surface area contributed by atoms with E-state index in [1.165, 1.54) is 6.07 Å². The first kappa shape index (κ1) is 12.3. The minimum Gasteiger partial charge on any atom is -0.361 e. The summed E-state index contributed by atoms with van der Waals surface area (Å²) in [6.45, 7) is 0. The number of hydrogen-bond acceptors (Lipinski definition) is 1. The van der Waals surface area contributed by atoms with E-state index in [4.69, 9.17) is 0 Å². The van der Waals surface area contributed by atoms with Crippen LogP contribution in [0.15, 0.2) is 48.7 Å². The summed E-state index contributed by atoms with van der Waals surface area (Å²) < 4.78 is 25.9. The SMILES string of the molecule is O=C(Nc1ccc2[nH]ccc2c1)c1ccc(F)c(F)c1. The number of H-pyrrole nitrogens is 1. The lowest BCUT2D eigenvalue weighted by atomic mass is 10.2. The second-order valence-corrected chi connectivity index (χ2v) is 4.36. The summed E-state index contributed by atoms with van der Waals surface area (Å²) in [7, 11) is 0. The first-order chi connectivity index (χ1) is 9.63. The van der Waals surface area contributed by atoms with Crippen LogP contribution >= 0.6 is 0 Å². The molecule has 0 unspecified atom stereocenters. The Kier molecular flexibility index (Phi) is 2.95. The minimum atomic E-state index is -1.04. The molecule has 0 atom stereocenters. The molecule has 1 amide bonds. The lowest BCUT2D eigenvalue weighted by Crippen LogP contribution is -2.12. The molecule has 5 heteroatoms. The molecule has 2 N–H and O–H groups in total. The molecule has 0 radical (unpaired) electrons. The van der Waals surface area contributed by atoms with Gasteiger partial charge in [0.1, 0.15) is 0 Å². The van der Waals surface area contributed by atoms with Crippen LogP contribution in [0.2, 0.25) is 0 Å². The zero-order chi connectivity index (χ0) is 14.1. The first-order valence-electron chi connectivity index (χ1n) is 5.97. The Balaban J connectivity index is 1.85. The predicted octanol–water partition coefficient (Wildman–Crippen LogP) is 3.70. The van der Waals surface area contributed by atoms with Gasteiger partial charge in [0.05, 0.1) is 0 Å². The van der Waals surface area contributed by atoms with Crippen LogP contribution in [0.25, 0.3) is 10.9 Å². The van der Waals surface area contributed by atoms with Crippen LogP contribution in [0.4, 0.5) is 14.5 Å². The van der Waals surface area contributed by atoms with Crippen molar-refractivity contribution >= 4 is 22.5 Å².